The number of hydrogen-bond acceptors (Lipinski definition) is 16. The van der Waals surface area contributed by atoms with Gasteiger partial charge in [0.1, 0.15) is 23.9 Å². The van der Waals surface area contributed by atoms with E-state index in [2.05, 4.69) is 5.32 Å². The number of esters is 4. The fraction of sp³-hybridized carbons (Fsp3) is 0.469. The SMILES string of the molecule is COc1ccc([C@H](NC(=O)c2ccccc2)[C@@H](O)C(=O)O[C@H]2C[C@@]3(O)C(OC(=O)c4ccccc4)C4[C@](C)(C(=O)[C@H](OC(C)=O)C(=C2C)C3(C)C)[C@@H](O)C[C@H]2OC[C@@]42OC(C)=O)cc1OC. The number of ether oxygens (including phenoxy) is 7. The number of fused-ring (bicyclic) bond motifs is 5. The smallest absolute Gasteiger partial charge is 0.338 e. The summed E-state index contributed by atoms with van der Waals surface area (Å²) in [6, 6.07) is 18.9. The molecule has 0 aromatic heterocycles. The van der Waals surface area contributed by atoms with Gasteiger partial charge in [-0.15, -0.1) is 0 Å². The van der Waals surface area contributed by atoms with Crippen LogP contribution in [0.2, 0.25) is 0 Å². The lowest BCUT2D eigenvalue weighted by Gasteiger charge is -2.67. The van der Waals surface area contributed by atoms with Crippen LogP contribution in [0.5, 0.6) is 11.5 Å². The van der Waals surface area contributed by atoms with Crippen LogP contribution in [-0.2, 0) is 42.9 Å². The van der Waals surface area contributed by atoms with Crippen LogP contribution >= 0.6 is 0 Å². The monoisotopic (exact) mass is 913 g/mol. The molecule has 352 valence electrons. The van der Waals surface area contributed by atoms with Crippen LogP contribution in [-0.4, -0.2) is 120 Å². The first-order valence-corrected chi connectivity index (χ1v) is 21.5. The second kappa shape index (κ2) is 17.9. The van der Waals surface area contributed by atoms with Crippen molar-refractivity contribution in [3.8, 4) is 11.5 Å². The topological polar surface area (TPSA) is 240 Å². The Morgan fingerprint density at radius 1 is 0.833 bits per heavy atom. The predicted octanol–water partition coefficient (Wildman–Crippen LogP) is 3.75. The summed E-state index contributed by atoms with van der Waals surface area (Å²) in [6.45, 7) is 7.89. The van der Waals surface area contributed by atoms with Gasteiger partial charge in [0, 0.05) is 37.7 Å². The number of ketones is 1. The standard InChI is InChI=1S/C49H55NO16/c1-25-33(64-45(58)38(54)37(50-43(56)28-15-11-9-12-16-28)30-19-20-31(60-7)32(21-30)61-8)23-49(59)42(65-44(57)29-17-13-10-14-18-29)40-47(6,34(53)22-35-48(40,24-62-35)66-27(3)52)41(55)39(63-26(2)51)36(25)46(49,4)5/h9-21,33-35,37-40,42,53-54,59H,22-24H2,1-8H3,(H,50,56)/t33-,34-,35+,37-,38+,39+,40?,42?,47+,48-,49+/m0/s1. The third-order valence-electron chi connectivity index (χ3n) is 14.1. The fourth-order valence-electron chi connectivity index (χ4n) is 10.6. The number of amides is 1. The van der Waals surface area contributed by atoms with Gasteiger partial charge in [-0.1, -0.05) is 56.3 Å². The van der Waals surface area contributed by atoms with Crippen molar-refractivity contribution >= 4 is 35.6 Å². The van der Waals surface area contributed by atoms with Gasteiger partial charge in [0.2, 0.25) is 0 Å². The lowest BCUT2D eigenvalue weighted by atomic mass is 9.44. The molecular formula is C49H55NO16. The number of hydrogen-bond donors (Lipinski definition) is 4. The van der Waals surface area contributed by atoms with Crippen molar-refractivity contribution < 1.29 is 77.2 Å². The van der Waals surface area contributed by atoms with E-state index in [-0.39, 0.29) is 46.6 Å². The number of carbonyl (C=O) groups excluding carboxylic acids is 6. The van der Waals surface area contributed by atoms with Gasteiger partial charge < -0.3 is 53.8 Å². The fourth-order valence-corrected chi connectivity index (χ4v) is 10.6. The Balaban J connectivity index is 1.39. The molecule has 11 atom stereocenters. The van der Waals surface area contributed by atoms with Crippen molar-refractivity contribution in [1.29, 1.82) is 0 Å². The minimum atomic E-state index is -2.43. The molecule has 1 amide bonds. The Bertz CT molecular complexity index is 2440. The number of benzene rings is 3. The molecule has 3 aliphatic carbocycles. The average Bonchev–Trinajstić information content (AvgIpc) is 3.28. The van der Waals surface area contributed by atoms with Crippen molar-refractivity contribution in [2.45, 2.75) is 108 Å². The summed E-state index contributed by atoms with van der Waals surface area (Å²) in [5.41, 5.74) is -7.41. The van der Waals surface area contributed by atoms with Crippen molar-refractivity contribution in [3.05, 3.63) is 107 Å². The van der Waals surface area contributed by atoms with Crippen LogP contribution in [0.1, 0.15) is 86.7 Å². The Morgan fingerprint density at radius 3 is 2.02 bits per heavy atom. The van der Waals surface area contributed by atoms with E-state index < -0.39 is 113 Å². The Labute approximate surface area is 381 Å². The highest BCUT2D eigenvalue weighted by Crippen LogP contribution is 2.64. The minimum absolute atomic E-state index is 0.0290. The van der Waals surface area contributed by atoms with E-state index in [4.69, 9.17) is 33.2 Å². The molecule has 0 radical (unpaired) electrons. The van der Waals surface area contributed by atoms with Crippen molar-refractivity contribution in [2.75, 3.05) is 20.8 Å². The molecule has 2 bridgehead atoms. The highest BCUT2D eigenvalue weighted by atomic mass is 16.6. The summed E-state index contributed by atoms with van der Waals surface area (Å²) in [5.74, 6) is -6.51. The molecule has 17 heteroatoms. The molecule has 2 saturated carbocycles. The first kappa shape index (κ1) is 47.8. The van der Waals surface area contributed by atoms with E-state index in [0.29, 0.717) is 5.75 Å². The summed E-state index contributed by atoms with van der Waals surface area (Å²) >= 11 is 0. The largest absolute Gasteiger partial charge is 0.493 e. The van der Waals surface area contributed by atoms with E-state index in [1.807, 2.05) is 0 Å². The lowest BCUT2D eigenvalue weighted by Crippen LogP contribution is -2.82. The van der Waals surface area contributed by atoms with E-state index in [0.717, 1.165) is 13.8 Å². The first-order chi connectivity index (χ1) is 31.2. The summed E-state index contributed by atoms with van der Waals surface area (Å²) in [6.07, 6.45) is -10.8. The van der Waals surface area contributed by atoms with Crippen LogP contribution < -0.4 is 14.8 Å². The maximum absolute atomic E-state index is 15.6. The normalized spacial score (nSPS) is 30.6. The molecule has 1 saturated heterocycles. The Morgan fingerprint density at radius 2 is 1.45 bits per heavy atom. The average molecular weight is 914 g/mol. The van der Waals surface area contributed by atoms with E-state index in [9.17, 15) is 39.3 Å². The zero-order chi connectivity index (χ0) is 48.1. The zero-order valence-corrected chi connectivity index (χ0v) is 37.9. The quantitative estimate of drug-likeness (QED) is 0.115. The third kappa shape index (κ3) is 7.90. The third-order valence-corrected chi connectivity index (χ3v) is 14.1. The number of rotatable bonds is 12. The van der Waals surface area contributed by atoms with Gasteiger partial charge >= 0.3 is 23.9 Å². The minimum Gasteiger partial charge on any atom is -0.493 e. The van der Waals surface area contributed by atoms with Crippen LogP contribution in [0, 0.1) is 16.7 Å². The molecule has 1 heterocycles. The van der Waals surface area contributed by atoms with Crippen LogP contribution in [0.15, 0.2) is 90.0 Å². The molecule has 0 spiro atoms. The lowest BCUT2D eigenvalue weighted by molar-refractivity contribution is -0.346. The maximum atomic E-state index is 15.6. The molecule has 4 N–H and O–H groups in total. The second-order valence-electron chi connectivity index (χ2n) is 18.1. The molecule has 1 aliphatic heterocycles. The first-order valence-electron chi connectivity index (χ1n) is 21.5. The van der Waals surface area contributed by atoms with E-state index >= 15 is 4.79 Å². The highest BCUT2D eigenvalue weighted by Gasteiger charge is 2.78. The molecule has 2 unspecified atom stereocenters. The Hall–Kier alpha value is -6.14. The highest BCUT2D eigenvalue weighted by molar-refractivity contribution is 5.96. The van der Waals surface area contributed by atoms with Gasteiger partial charge in [-0.25, -0.2) is 9.59 Å². The number of nitrogens with one attached hydrogen (secondary N) is 1. The van der Waals surface area contributed by atoms with Gasteiger partial charge in [-0.2, -0.15) is 0 Å². The predicted molar refractivity (Wildman–Crippen MR) is 231 cm³/mol. The second-order valence-corrected chi connectivity index (χ2v) is 18.1. The van der Waals surface area contributed by atoms with Crippen molar-refractivity contribution in [1.82, 2.24) is 5.32 Å². The molecule has 3 aromatic carbocycles. The van der Waals surface area contributed by atoms with E-state index in [1.165, 1.54) is 70.5 Å². The summed E-state index contributed by atoms with van der Waals surface area (Å²) in [7, 11) is 2.81. The summed E-state index contributed by atoms with van der Waals surface area (Å²) < 4.78 is 41.2. The molecular weight excluding hydrogens is 859 g/mol. The molecule has 17 nitrogen and oxygen atoms in total. The summed E-state index contributed by atoms with van der Waals surface area (Å²) in [5, 5.41) is 40.6. The zero-order valence-electron chi connectivity index (χ0n) is 37.9. The maximum Gasteiger partial charge on any atom is 0.338 e. The number of carbonyl (C=O) groups is 6. The number of methoxy groups -OCH3 is 2. The van der Waals surface area contributed by atoms with Crippen molar-refractivity contribution in [3.63, 3.8) is 0 Å². The summed E-state index contributed by atoms with van der Waals surface area (Å²) in [4.78, 5) is 84.2. The molecule has 7 rings (SSSR count). The molecule has 3 fully saturated rings. The number of Topliss-reactive ketones (excluding diaryl/α,β-unsaturated/α-hetero) is 1. The van der Waals surface area contributed by atoms with Gasteiger partial charge in [-0.3, -0.25) is 19.2 Å². The van der Waals surface area contributed by atoms with Gasteiger partial charge in [-0.05, 0) is 67.0 Å². The Kier molecular flexibility index (Phi) is 13.0. The van der Waals surface area contributed by atoms with Crippen LogP contribution in [0.4, 0.5) is 0 Å². The van der Waals surface area contributed by atoms with Gasteiger partial charge in [0.05, 0.1) is 49.9 Å². The molecule has 3 aromatic rings. The number of aliphatic hydroxyl groups is 3. The van der Waals surface area contributed by atoms with Crippen LogP contribution in [0.25, 0.3) is 0 Å². The van der Waals surface area contributed by atoms with E-state index in [1.54, 1.807) is 50.2 Å². The number of aliphatic hydroxyl groups excluding tert-OH is 2. The van der Waals surface area contributed by atoms with Gasteiger partial charge in [0.25, 0.3) is 5.91 Å². The van der Waals surface area contributed by atoms with Gasteiger partial charge in [0.15, 0.2) is 35.1 Å². The molecule has 4 aliphatic rings. The molecule has 66 heavy (non-hydrogen) atoms. The van der Waals surface area contributed by atoms with Crippen LogP contribution in [0.3, 0.4) is 0 Å². The van der Waals surface area contributed by atoms with Crippen molar-refractivity contribution in [2.24, 2.45) is 16.7 Å².